The van der Waals surface area contributed by atoms with E-state index >= 15 is 0 Å². The lowest BCUT2D eigenvalue weighted by Gasteiger charge is -2.28. The molecule has 1 atom stereocenters. The third kappa shape index (κ3) is 6.29. The quantitative estimate of drug-likeness (QED) is 0.278. The van der Waals surface area contributed by atoms with E-state index < -0.39 is 0 Å². The van der Waals surface area contributed by atoms with Crippen molar-refractivity contribution in [2.45, 2.75) is 31.9 Å². The lowest BCUT2D eigenvalue weighted by Crippen LogP contribution is -2.41. The van der Waals surface area contributed by atoms with Gasteiger partial charge in [0, 0.05) is 29.7 Å². The standard InChI is InChI=1S/C27H26ClN3OS/c1-20(31(17-21-8-4-2-5-9-21)18-22-10-6-3-7-11-22)26(32)29-24-14-12-23(13-15-24)27-30-25(16-28)19-33-27/h2-15,19-20H,16-18H2,1H3,(H,29,32). The molecule has 1 aromatic heterocycles. The van der Waals surface area contributed by atoms with Crippen molar-refractivity contribution in [1.29, 1.82) is 0 Å². The van der Waals surface area contributed by atoms with Crippen LogP contribution in [0.2, 0.25) is 0 Å². The van der Waals surface area contributed by atoms with Crippen LogP contribution in [0.4, 0.5) is 5.69 Å². The van der Waals surface area contributed by atoms with Gasteiger partial charge in [-0.05, 0) is 42.3 Å². The molecule has 0 radical (unpaired) electrons. The summed E-state index contributed by atoms with van der Waals surface area (Å²) in [6.07, 6.45) is 0. The molecule has 168 valence electrons. The number of hydrogen-bond donors (Lipinski definition) is 1. The van der Waals surface area contributed by atoms with Gasteiger partial charge >= 0.3 is 0 Å². The summed E-state index contributed by atoms with van der Waals surface area (Å²) >= 11 is 7.43. The van der Waals surface area contributed by atoms with Gasteiger partial charge in [-0.15, -0.1) is 22.9 Å². The molecule has 33 heavy (non-hydrogen) atoms. The fourth-order valence-corrected chi connectivity index (χ4v) is 4.63. The summed E-state index contributed by atoms with van der Waals surface area (Å²) in [5.74, 6) is 0.374. The van der Waals surface area contributed by atoms with Crippen molar-refractivity contribution in [2.75, 3.05) is 5.32 Å². The van der Waals surface area contributed by atoms with Crippen LogP contribution in [-0.4, -0.2) is 21.8 Å². The zero-order valence-electron chi connectivity index (χ0n) is 18.4. The molecule has 6 heteroatoms. The van der Waals surface area contributed by atoms with Crippen LogP contribution in [0.15, 0.2) is 90.3 Å². The number of amides is 1. The smallest absolute Gasteiger partial charge is 0.241 e. The van der Waals surface area contributed by atoms with E-state index in [0.717, 1.165) is 22.0 Å². The highest BCUT2D eigenvalue weighted by molar-refractivity contribution is 7.13. The highest BCUT2D eigenvalue weighted by atomic mass is 35.5. The van der Waals surface area contributed by atoms with E-state index in [4.69, 9.17) is 11.6 Å². The SMILES string of the molecule is CC(C(=O)Nc1ccc(-c2nc(CCl)cs2)cc1)N(Cc1ccccc1)Cc1ccccc1. The van der Waals surface area contributed by atoms with Gasteiger partial charge in [-0.1, -0.05) is 60.7 Å². The van der Waals surface area contributed by atoms with Gasteiger partial charge in [-0.3, -0.25) is 9.69 Å². The second-order valence-corrected chi connectivity index (χ2v) is 9.02. The Morgan fingerprint density at radius 1 is 0.939 bits per heavy atom. The average molecular weight is 476 g/mol. The summed E-state index contributed by atoms with van der Waals surface area (Å²) in [4.78, 5) is 19.9. The number of anilines is 1. The molecule has 1 unspecified atom stereocenters. The maximum Gasteiger partial charge on any atom is 0.241 e. The van der Waals surface area contributed by atoms with Crippen molar-refractivity contribution in [3.05, 3.63) is 107 Å². The number of rotatable bonds is 9. The van der Waals surface area contributed by atoms with Gasteiger partial charge in [-0.25, -0.2) is 4.98 Å². The molecule has 4 aromatic rings. The highest BCUT2D eigenvalue weighted by Gasteiger charge is 2.22. The Labute approximate surface area is 203 Å². The Balaban J connectivity index is 1.46. The lowest BCUT2D eigenvalue weighted by atomic mass is 10.1. The average Bonchev–Trinajstić information content (AvgIpc) is 3.34. The van der Waals surface area contributed by atoms with Gasteiger partial charge in [-0.2, -0.15) is 0 Å². The van der Waals surface area contributed by atoms with E-state index in [1.54, 1.807) is 11.3 Å². The summed E-state index contributed by atoms with van der Waals surface area (Å²) in [6.45, 7) is 3.34. The minimum Gasteiger partial charge on any atom is -0.325 e. The third-order valence-corrected chi connectivity index (χ3v) is 6.69. The Kier molecular flexibility index (Phi) is 7.89. The maximum atomic E-state index is 13.2. The van der Waals surface area contributed by atoms with E-state index in [-0.39, 0.29) is 11.9 Å². The van der Waals surface area contributed by atoms with Crippen LogP contribution in [0.1, 0.15) is 23.7 Å². The first-order valence-electron chi connectivity index (χ1n) is 10.9. The van der Waals surface area contributed by atoms with Crippen molar-refractivity contribution in [2.24, 2.45) is 0 Å². The van der Waals surface area contributed by atoms with E-state index in [2.05, 4.69) is 39.5 Å². The molecule has 1 N–H and O–H groups in total. The summed E-state index contributed by atoms with van der Waals surface area (Å²) < 4.78 is 0. The highest BCUT2D eigenvalue weighted by Crippen LogP contribution is 2.26. The molecule has 1 heterocycles. The maximum absolute atomic E-state index is 13.2. The van der Waals surface area contributed by atoms with Crippen molar-refractivity contribution < 1.29 is 4.79 Å². The molecule has 0 saturated carbocycles. The number of alkyl halides is 1. The van der Waals surface area contributed by atoms with Gasteiger partial charge in [0.2, 0.25) is 5.91 Å². The molecule has 4 rings (SSSR count). The van der Waals surface area contributed by atoms with Crippen LogP contribution in [0.3, 0.4) is 0 Å². The minimum atomic E-state index is -0.310. The Hall–Kier alpha value is -2.99. The third-order valence-electron chi connectivity index (χ3n) is 5.47. The molecule has 0 fully saturated rings. The van der Waals surface area contributed by atoms with Gasteiger partial charge < -0.3 is 5.32 Å². The Morgan fingerprint density at radius 2 is 1.52 bits per heavy atom. The molecule has 4 nitrogen and oxygen atoms in total. The second-order valence-electron chi connectivity index (χ2n) is 7.90. The van der Waals surface area contributed by atoms with Gasteiger partial charge in [0.1, 0.15) is 5.01 Å². The second kappa shape index (κ2) is 11.2. The number of aromatic nitrogens is 1. The summed E-state index contributed by atoms with van der Waals surface area (Å²) in [5.41, 5.74) is 5.01. The molecule has 0 bridgehead atoms. The van der Waals surface area contributed by atoms with Crippen molar-refractivity contribution in [3.8, 4) is 10.6 Å². The summed E-state index contributed by atoms with van der Waals surface area (Å²) in [6, 6.07) is 28.0. The molecule has 0 spiro atoms. The Morgan fingerprint density at radius 3 is 2.03 bits per heavy atom. The van der Waals surface area contributed by atoms with Crippen LogP contribution < -0.4 is 5.32 Å². The van der Waals surface area contributed by atoms with Crippen LogP contribution in [0.25, 0.3) is 10.6 Å². The monoisotopic (exact) mass is 475 g/mol. The number of carbonyl (C=O) groups excluding carboxylic acids is 1. The van der Waals surface area contributed by atoms with Crippen LogP contribution >= 0.6 is 22.9 Å². The van der Waals surface area contributed by atoms with Gasteiger partial charge in [0.25, 0.3) is 0 Å². The topological polar surface area (TPSA) is 45.2 Å². The molecular weight excluding hydrogens is 450 g/mol. The zero-order chi connectivity index (χ0) is 23.0. The van der Waals surface area contributed by atoms with Crippen molar-refractivity contribution in [1.82, 2.24) is 9.88 Å². The van der Waals surface area contributed by atoms with Crippen molar-refractivity contribution >= 4 is 34.5 Å². The molecule has 3 aromatic carbocycles. The van der Waals surface area contributed by atoms with E-state index in [1.807, 2.05) is 73.0 Å². The molecule has 0 aliphatic rings. The minimum absolute atomic E-state index is 0.0340. The molecule has 0 aliphatic carbocycles. The first-order valence-corrected chi connectivity index (χ1v) is 12.3. The number of nitrogens with one attached hydrogen (secondary N) is 1. The van der Waals surface area contributed by atoms with Crippen LogP contribution in [0, 0.1) is 0 Å². The fraction of sp³-hybridized carbons (Fsp3) is 0.185. The predicted octanol–water partition coefficient (Wildman–Crippen LogP) is 6.58. The normalized spacial score (nSPS) is 12.0. The number of hydrogen-bond acceptors (Lipinski definition) is 4. The van der Waals surface area contributed by atoms with Gasteiger partial charge in [0.15, 0.2) is 0 Å². The number of halogens is 1. The Bertz CT molecular complexity index is 1120. The number of benzene rings is 3. The van der Waals surface area contributed by atoms with Gasteiger partial charge in [0.05, 0.1) is 17.6 Å². The molecule has 0 aliphatic heterocycles. The van der Waals surface area contributed by atoms with Crippen LogP contribution in [0.5, 0.6) is 0 Å². The number of carbonyl (C=O) groups is 1. The van der Waals surface area contributed by atoms with E-state index in [9.17, 15) is 4.79 Å². The van der Waals surface area contributed by atoms with Crippen LogP contribution in [-0.2, 0) is 23.8 Å². The first kappa shape index (κ1) is 23.2. The molecule has 0 saturated heterocycles. The van der Waals surface area contributed by atoms with E-state index in [0.29, 0.717) is 19.0 Å². The van der Waals surface area contributed by atoms with E-state index in [1.165, 1.54) is 11.1 Å². The molecule has 1 amide bonds. The van der Waals surface area contributed by atoms with Crippen molar-refractivity contribution in [3.63, 3.8) is 0 Å². The zero-order valence-corrected chi connectivity index (χ0v) is 20.0. The molecular formula is C27H26ClN3OS. The lowest BCUT2D eigenvalue weighted by molar-refractivity contribution is -0.121. The predicted molar refractivity (Wildman–Crippen MR) is 137 cm³/mol. The fourth-order valence-electron chi connectivity index (χ4n) is 3.58. The number of nitrogens with zero attached hydrogens (tertiary/aromatic N) is 2. The summed E-state index contributed by atoms with van der Waals surface area (Å²) in [5, 5.41) is 5.96. The largest absolute Gasteiger partial charge is 0.325 e. The number of thiazole rings is 1. The summed E-state index contributed by atoms with van der Waals surface area (Å²) in [7, 11) is 0. The first-order chi connectivity index (χ1) is 16.1.